The van der Waals surface area contributed by atoms with Crippen LogP contribution >= 0.6 is 0 Å². The number of aryl methyl sites for hydroxylation is 1. The zero-order chi connectivity index (χ0) is 20.2. The van der Waals surface area contributed by atoms with Crippen molar-refractivity contribution >= 4 is 34.4 Å². The fourth-order valence-electron chi connectivity index (χ4n) is 3.76. The molecule has 150 valence electrons. The molecule has 4 rings (SSSR count). The summed E-state index contributed by atoms with van der Waals surface area (Å²) in [5.74, 6) is 1.45. The van der Waals surface area contributed by atoms with E-state index in [4.69, 9.17) is 0 Å². The van der Waals surface area contributed by atoms with Crippen molar-refractivity contribution in [2.45, 2.75) is 38.6 Å². The highest BCUT2D eigenvalue weighted by Crippen LogP contribution is 2.27. The van der Waals surface area contributed by atoms with Gasteiger partial charge in [-0.2, -0.15) is 0 Å². The van der Waals surface area contributed by atoms with E-state index in [1.165, 1.54) is 6.33 Å². The topological polar surface area (TPSA) is 105 Å². The third-order valence-electron chi connectivity index (χ3n) is 5.34. The lowest BCUT2D eigenvalue weighted by Gasteiger charge is -2.28. The average molecular weight is 391 g/mol. The first kappa shape index (κ1) is 19.0. The number of aromatic nitrogens is 4. The molecule has 3 N–H and O–H groups in total. The summed E-state index contributed by atoms with van der Waals surface area (Å²) < 4.78 is 0. The van der Waals surface area contributed by atoms with E-state index < -0.39 is 0 Å². The number of fused-ring (bicyclic) bond motifs is 1. The molecule has 0 spiro atoms. The minimum absolute atomic E-state index is 0.106. The van der Waals surface area contributed by atoms with Crippen LogP contribution in [0.3, 0.4) is 0 Å². The largest absolute Gasteiger partial charge is 0.359 e. The fourth-order valence-corrected chi connectivity index (χ4v) is 3.76. The minimum Gasteiger partial charge on any atom is -0.359 e. The zero-order valence-corrected chi connectivity index (χ0v) is 16.6. The molecule has 0 aliphatic heterocycles. The van der Waals surface area contributed by atoms with Gasteiger partial charge in [-0.15, -0.1) is 0 Å². The van der Waals surface area contributed by atoms with Gasteiger partial charge in [-0.1, -0.05) is 12.1 Å². The van der Waals surface area contributed by atoms with Crippen molar-refractivity contribution in [1.82, 2.24) is 25.3 Å². The Morgan fingerprint density at radius 3 is 2.69 bits per heavy atom. The highest BCUT2D eigenvalue weighted by atomic mass is 16.1. The summed E-state index contributed by atoms with van der Waals surface area (Å²) in [5.41, 5.74) is 3.47. The molecule has 0 atom stereocenters. The second-order valence-electron chi connectivity index (χ2n) is 7.45. The van der Waals surface area contributed by atoms with E-state index >= 15 is 0 Å². The third kappa shape index (κ3) is 4.42. The zero-order valence-electron chi connectivity index (χ0n) is 16.6. The lowest BCUT2D eigenvalue weighted by Crippen LogP contribution is -2.34. The summed E-state index contributed by atoms with van der Waals surface area (Å²) in [6.45, 7) is 2.05. The van der Waals surface area contributed by atoms with Crippen LogP contribution in [-0.2, 0) is 4.79 Å². The summed E-state index contributed by atoms with van der Waals surface area (Å²) in [6, 6.07) is 8.35. The maximum Gasteiger partial charge on any atom is 0.223 e. The molecule has 1 amide bonds. The molecular weight excluding hydrogens is 366 g/mol. The monoisotopic (exact) mass is 391 g/mol. The van der Waals surface area contributed by atoms with Gasteiger partial charge >= 0.3 is 0 Å². The van der Waals surface area contributed by atoms with Crippen LogP contribution in [-0.4, -0.2) is 38.9 Å². The van der Waals surface area contributed by atoms with Crippen LogP contribution in [0.2, 0.25) is 0 Å². The number of nitrogens with one attached hydrogen (secondary N) is 3. The predicted molar refractivity (Wildman–Crippen MR) is 113 cm³/mol. The van der Waals surface area contributed by atoms with Gasteiger partial charge < -0.3 is 16.0 Å². The molecule has 8 heteroatoms. The van der Waals surface area contributed by atoms with Gasteiger partial charge in [0.1, 0.15) is 17.4 Å². The van der Waals surface area contributed by atoms with Crippen molar-refractivity contribution in [2.75, 3.05) is 17.7 Å². The van der Waals surface area contributed by atoms with Crippen molar-refractivity contribution in [3.63, 3.8) is 0 Å². The van der Waals surface area contributed by atoms with E-state index in [-0.39, 0.29) is 17.9 Å². The van der Waals surface area contributed by atoms with Gasteiger partial charge in [-0.25, -0.2) is 19.9 Å². The molecule has 0 saturated heterocycles. The Hall–Kier alpha value is -3.29. The Balaban J connectivity index is 1.51. The van der Waals surface area contributed by atoms with Crippen molar-refractivity contribution in [3.05, 3.63) is 42.4 Å². The molecule has 8 nitrogen and oxygen atoms in total. The first-order chi connectivity index (χ1) is 14.1. The molecule has 0 bridgehead atoms. The quantitative estimate of drug-likeness (QED) is 0.613. The van der Waals surface area contributed by atoms with E-state index in [1.54, 1.807) is 13.2 Å². The number of carbonyl (C=O) groups is 1. The molecule has 1 saturated carbocycles. The van der Waals surface area contributed by atoms with Crippen molar-refractivity contribution in [1.29, 1.82) is 0 Å². The first-order valence-corrected chi connectivity index (χ1v) is 9.92. The summed E-state index contributed by atoms with van der Waals surface area (Å²) in [5, 5.41) is 9.49. The Morgan fingerprint density at radius 2 is 1.93 bits per heavy atom. The minimum atomic E-state index is 0.106. The van der Waals surface area contributed by atoms with Gasteiger partial charge in [0.05, 0.1) is 6.20 Å². The van der Waals surface area contributed by atoms with Gasteiger partial charge in [-0.05, 0) is 50.3 Å². The average Bonchev–Trinajstić information content (AvgIpc) is 2.74. The summed E-state index contributed by atoms with van der Waals surface area (Å²) in [4.78, 5) is 29.5. The number of benzene rings is 1. The number of nitrogens with zero attached hydrogens (tertiary/aromatic N) is 4. The predicted octanol–water partition coefficient (Wildman–Crippen LogP) is 3.19. The van der Waals surface area contributed by atoms with Gasteiger partial charge in [0.25, 0.3) is 0 Å². The van der Waals surface area contributed by atoms with Gasteiger partial charge in [0.2, 0.25) is 11.9 Å². The van der Waals surface area contributed by atoms with E-state index in [2.05, 4.69) is 42.0 Å². The maximum atomic E-state index is 11.8. The molecule has 1 aliphatic carbocycles. The van der Waals surface area contributed by atoms with E-state index in [9.17, 15) is 4.79 Å². The van der Waals surface area contributed by atoms with E-state index in [0.717, 1.165) is 36.9 Å². The Labute approximate surface area is 169 Å². The Kier molecular flexibility index (Phi) is 5.50. The number of anilines is 3. The Bertz CT molecular complexity index is 1010. The molecule has 1 fully saturated rings. The summed E-state index contributed by atoms with van der Waals surface area (Å²) in [6.07, 6.45) is 6.79. The van der Waals surface area contributed by atoms with Crippen LogP contribution < -0.4 is 16.0 Å². The second-order valence-corrected chi connectivity index (χ2v) is 7.45. The molecule has 0 radical (unpaired) electrons. The lowest BCUT2D eigenvalue weighted by atomic mass is 9.85. The standard InChI is InChI=1S/C21H25N7O/c1-13-4-3-5-16(10-13)26-19-18-17(24-12-25-19)11-23-21(28-18)27-15-8-6-14(7-9-15)20(29)22-2/h3-5,10-12,14-15H,6-9H2,1-2H3,(H,22,29)(H,23,27,28)(H,24,25,26)/t14-,15-. The number of hydrogen-bond acceptors (Lipinski definition) is 7. The van der Waals surface area contributed by atoms with Crippen LogP contribution in [0, 0.1) is 12.8 Å². The number of hydrogen-bond donors (Lipinski definition) is 3. The van der Waals surface area contributed by atoms with Gasteiger partial charge in [-0.3, -0.25) is 4.79 Å². The first-order valence-electron chi connectivity index (χ1n) is 9.92. The van der Waals surface area contributed by atoms with Crippen LogP contribution in [0.25, 0.3) is 11.0 Å². The second kappa shape index (κ2) is 8.38. The van der Waals surface area contributed by atoms with E-state index in [1.807, 2.05) is 25.1 Å². The van der Waals surface area contributed by atoms with E-state index in [0.29, 0.717) is 22.8 Å². The van der Waals surface area contributed by atoms with Crippen molar-refractivity contribution < 1.29 is 4.79 Å². The van der Waals surface area contributed by atoms with Gasteiger partial charge in [0.15, 0.2) is 5.82 Å². The molecule has 3 aromatic rings. The number of carbonyl (C=O) groups excluding carboxylic acids is 1. The van der Waals surface area contributed by atoms with Gasteiger partial charge in [0, 0.05) is 24.7 Å². The number of rotatable bonds is 5. The van der Waals surface area contributed by atoms with Crippen molar-refractivity contribution in [3.8, 4) is 0 Å². The fraction of sp³-hybridized carbons (Fsp3) is 0.381. The van der Waals surface area contributed by atoms with Crippen LogP contribution in [0.15, 0.2) is 36.8 Å². The number of amides is 1. The Morgan fingerprint density at radius 1 is 1.10 bits per heavy atom. The SMILES string of the molecule is CNC(=O)[C@H]1CC[C@H](Nc2ncc3ncnc(Nc4cccc(C)c4)c3n2)CC1. The molecule has 0 unspecified atom stereocenters. The third-order valence-corrected chi connectivity index (χ3v) is 5.34. The molecule has 1 aromatic carbocycles. The van der Waals surface area contributed by atoms with Crippen LogP contribution in [0.1, 0.15) is 31.2 Å². The van der Waals surface area contributed by atoms with Crippen LogP contribution in [0.4, 0.5) is 17.5 Å². The normalized spacial score (nSPS) is 19.0. The molecule has 2 heterocycles. The lowest BCUT2D eigenvalue weighted by molar-refractivity contribution is -0.125. The highest BCUT2D eigenvalue weighted by Gasteiger charge is 2.26. The molecule has 2 aromatic heterocycles. The maximum absolute atomic E-state index is 11.8. The molecule has 1 aliphatic rings. The summed E-state index contributed by atoms with van der Waals surface area (Å²) >= 11 is 0. The molecular formula is C21H25N7O. The van der Waals surface area contributed by atoms with Crippen molar-refractivity contribution in [2.24, 2.45) is 5.92 Å². The molecule has 29 heavy (non-hydrogen) atoms. The van der Waals surface area contributed by atoms with Crippen LogP contribution in [0.5, 0.6) is 0 Å². The highest BCUT2D eigenvalue weighted by molar-refractivity contribution is 5.87. The summed E-state index contributed by atoms with van der Waals surface area (Å²) in [7, 11) is 1.69. The smallest absolute Gasteiger partial charge is 0.223 e.